The highest BCUT2D eigenvalue weighted by molar-refractivity contribution is 6.04. The van der Waals surface area contributed by atoms with Crippen LogP contribution in [0.3, 0.4) is 0 Å². The molecular formula is C21H30N6O. The highest BCUT2D eigenvalue weighted by atomic mass is 16.2. The number of hydrogen-bond donors (Lipinski definition) is 2. The summed E-state index contributed by atoms with van der Waals surface area (Å²) in [7, 11) is 1.80. The van der Waals surface area contributed by atoms with Crippen LogP contribution in [0, 0.1) is 0 Å². The molecule has 1 aliphatic carbocycles. The summed E-state index contributed by atoms with van der Waals surface area (Å²) < 4.78 is 0. The molecule has 2 heterocycles. The summed E-state index contributed by atoms with van der Waals surface area (Å²) in [5, 5.41) is 0. The molecule has 0 unspecified atom stereocenters. The Hall–Kier alpha value is -2.67. The maximum absolute atomic E-state index is 13.0. The first-order valence-electron chi connectivity index (χ1n) is 9.94. The Morgan fingerprint density at radius 1 is 1.39 bits per heavy atom. The lowest BCUT2D eigenvalue weighted by Crippen LogP contribution is -2.55. The summed E-state index contributed by atoms with van der Waals surface area (Å²) in [6.07, 6.45) is 11.9. The van der Waals surface area contributed by atoms with Gasteiger partial charge in [-0.05, 0) is 37.1 Å². The fourth-order valence-corrected chi connectivity index (χ4v) is 4.24. The summed E-state index contributed by atoms with van der Waals surface area (Å²) >= 11 is 0. The van der Waals surface area contributed by atoms with E-state index in [0.29, 0.717) is 18.4 Å². The molecule has 3 rings (SSSR count). The number of carbonyl (C=O) groups is 1. The molecule has 1 atom stereocenters. The van der Waals surface area contributed by atoms with Gasteiger partial charge in [-0.25, -0.2) is 9.97 Å². The number of carbonyl (C=O) groups excluding carboxylic acids is 1. The van der Waals surface area contributed by atoms with Crippen LogP contribution >= 0.6 is 0 Å². The van der Waals surface area contributed by atoms with Crippen LogP contribution in [0.15, 0.2) is 36.7 Å². The van der Waals surface area contributed by atoms with E-state index in [1.54, 1.807) is 30.3 Å². The lowest BCUT2D eigenvalue weighted by molar-refractivity contribution is -0.120. The van der Waals surface area contributed by atoms with Gasteiger partial charge in [0.15, 0.2) is 11.6 Å². The Kier molecular flexibility index (Phi) is 6.14. The number of rotatable bonds is 6. The molecule has 2 aliphatic rings. The van der Waals surface area contributed by atoms with E-state index in [4.69, 9.17) is 16.5 Å². The van der Waals surface area contributed by atoms with E-state index in [1.165, 1.54) is 19.0 Å². The van der Waals surface area contributed by atoms with Crippen molar-refractivity contribution in [2.24, 2.45) is 11.5 Å². The lowest BCUT2D eigenvalue weighted by atomic mass is 10.0. The summed E-state index contributed by atoms with van der Waals surface area (Å²) in [4.78, 5) is 26.3. The van der Waals surface area contributed by atoms with Crippen LogP contribution in [0.2, 0.25) is 0 Å². The zero-order valence-electron chi connectivity index (χ0n) is 16.8. The van der Waals surface area contributed by atoms with Crippen molar-refractivity contribution in [1.29, 1.82) is 0 Å². The van der Waals surface area contributed by atoms with Crippen molar-refractivity contribution in [3.63, 3.8) is 0 Å². The fraction of sp³-hybridized carbons (Fsp3) is 0.476. The van der Waals surface area contributed by atoms with Crippen molar-refractivity contribution in [3.05, 3.63) is 42.5 Å². The van der Waals surface area contributed by atoms with Gasteiger partial charge in [-0.3, -0.25) is 4.79 Å². The van der Waals surface area contributed by atoms with Gasteiger partial charge < -0.3 is 21.3 Å². The minimum Gasteiger partial charge on any atom is -0.405 e. The van der Waals surface area contributed by atoms with E-state index in [2.05, 4.69) is 23.4 Å². The minimum absolute atomic E-state index is 0.101. The zero-order valence-corrected chi connectivity index (χ0v) is 16.8. The van der Waals surface area contributed by atoms with Crippen molar-refractivity contribution in [2.45, 2.75) is 51.1 Å². The molecule has 0 radical (unpaired) electrons. The number of hydrogen-bond acceptors (Lipinski definition) is 6. The number of fused-ring (bicyclic) bond motifs is 1. The second kappa shape index (κ2) is 8.56. The van der Waals surface area contributed by atoms with Crippen LogP contribution in [0.25, 0.3) is 5.57 Å². The average Bonchev–Trinajstić information content (AvgIpc) is 3.24. The van der Waals surface area contributed by atoms with Gasteiger partial charge in [0.25, 0.3) is 0 Å². The number of allylic oxidation sites excluding steroid dienone is 2. The molecule has 0 aromatic carbocycles. The van der Waals surface area contributed by atoms with Gasteiger partial charge >= 0.3 is 0 Å². The molecule has 28 heavy (non-hydrogen) atoms. The Bertz CT molecular complexity index is 809. The number of aromatic nitrogens is 2. The molecule has 150 valence electrons. The SMILES string of the molecule is C=C/C(CN)=C(\C=C/N)c1ncc2c(n1)N(C1CCCC1)[C@H](CC)C(=O)N2C. The maximum Gasteiger partial charge on any atom is 0.249 e. The van der Waals surface area contributed by atoms with Crippen molar-refractivity contribution < 1.29 is 4.79 Å². The predicted octanol–water partition coefficient (Wildman–Crippen LogP) is 2.35. The molecule has 0 saturated heterocycles. The molecule has 0 spiro atoms. The molecule has 0 bridgehead atoms. The van der Waals surface area contributed by atoms with Crippen molar-refractivity contribution in [3.8, 4) is 0 Å². The topological polar surface area (TPSA) is 101 Å². The minimum atomic E-state index is -0.200. The Morgan fingerprint density at radius 2 is 2.11 bits per heavy atom. The molecule has 1 aromatic rings. The van der Waals surface area contributed by atoms with Crippen LogP contribution in [-0.2, 0) is 4.79 Å². The molecule has 7 heteroatoms. The molecule has 1 saturated carbocycles. The molecule has 1 aliphatic heterocycles. The highest BCUT2D eigenvalue weighted by Gasteiger charge is 2.41. The summed E-state index contributed by atoms with van der Waals surface area (Å²) in [5.74, 6) is 1.46. The van der Waals surface area contributed by atoms with Crippen LogP contribution in [0.5, 0.6) is 0 Å². The van der Waals surface area contributed by atoms with E-state index >= 15 is 0 Å². The van der Waals surface area contributed by atoms with Crippen LogP contribution in [-0.4, -0.2) is 41.6 Å². The van der Waals surface area contributed by atoms with E-state index in [9.17, 15) is 4.79 Å². The third kappa shape index (κ3) is 3.42. The monoisotopic (exact) mass is 382 g/mol. The van der Waals surface area contributed by atoms with Gasteiger partial charge in [-0.15, -0.1) is 0 Å². The van der Waals surface area contributed by atoms with Crippen molar-refractivity contribution in [1.82, 2.24) is 9.97 Å². The second-order valence-electron chi connectivity index (χ2n) is 7.28. The summed E-state index contributed by atoms with van der Waals surface area (Å²) in [6.45, 7) is 6.21. The van der Waals surface area contributed by atoms with Crippen LogP contribution in [0.4, 0.5) is 11.5 Å². The van der Waals surface area contributed by atoms with Gasteiger partial charge in [-0.1, -0.05) is 32.4 Å². The first-order chi connectivity index (χ1) is 13.6. The highest BCUT2D eigenvalue weighted by Crippen LogP contribution is 2.40. The third-order valence-electron chi connectivity index (χ3n) is 5.73. The molecule has 1 aromatic heterocycles. The molecule has 7 nitrogen and oxygen atoms in total. The third-order valence-corrected chi connectivity index (χ3v) is 5.73. The summed E-state index contributed by atoms with van der Waals surface area (Å²) in [5.41, 5.74) is 13.8. The van der Waals surface area contributed by atoms with E-state index in [0.717, 1.165) is 41.9 Å². The van der Waals surface area contributed by atoms with E-state index < -0.39 is 0 Å². The van der Waals surface area contributed by atoms with Gasteiger partial charge in [0, 0.05) is 25.2 Å². The molecule has 1 fully saturated rings. The quantitative estimate of drug-likeness (QED) is 0.733. The lowest BCUT2D eigenvalue weighted by Gasteiger charge is -2.43. The van der Waals surface area contributed by atoms with Crippen LogP contribution in [0.1, 0.15) is 44.9 Å². The largest absolute Gasteiger partial charge is 0.405 e. The van der Waals surface area contributed by atoms with Crippen molar-refractivity contribution >= 4 is 23.0 Å². The normalized spacial score (nSPS) is 21.2. The first kappa shape index (κ1) is 20.1. The molecule has 1 amide bonds. The fourth-order valence-electron chi connectivity index (χ4n) is 4.24. The number of anilines is 2. The number of nitrogens with two attached hydrogens (primary N) is 2. The van der Waals surface area contributed by atoms with Crippen molar-refractivity contribution in [2.75, 3.05) is 23.4 Å². The smallest absolute Gasteiger partial charge is 0.249 e. The number of amides is 1. The number of likely N-dealkylation sites (N-methyl/N-ethyl adjacent to an activating group) is 1. The van der Waals surface area contributed by atoms with Gasteiger partial charge in [0.2, 0.25) is 5.91 Å². The van der Waals surface area contributed by atoms with Gasteiger partial charge in [0.1, 0.15) is 11.7 Å². The van der Waals surface area contributed by atoms with E-state index in [1.807, 2.05) is 0 Å². The molecular weight excluding hydrogens is 352 g/mol. The van der Waals surface area contributed by atoms with Gasteiger partial charge in [-0.2, -0.15) is 0 Å². The van der Waals surface area contributed by atoms with Gasteiger partial charge in [0.05, 0.1) is 6.20 Å². The Morgan fingerprint density at radius 3 is 2.68 bits per heavy atom. The van der Waals surface area contributed by atoms with Crippen LogP contribution < -0.4 is 21.3 Å². The van der Waals surface area contributed by atoms with E-state index in [-0.39, 0.29) is 11.9 Å². The summed E-state index contributed by atoms with van der Waals surface area (Å²) in [6, 6.07) is 0.129. The maximum atomic E-state index is 13.0. The average molecular weight is 383 g/mol. The molecule has 4 N–H and O–H groups in total. The Labute approximate surface area is 166 Å². The predicted molar refractivity (Wildman–Crippen MR) is 114 cm³/mol. The standard InChI is InChI=1S/C21H30N6O/c1-4-14(12-23)16(10-11-22)19-24-13-18-20(25-19)27(15-8-6-7-9-15)17(5-2)21(28)26(18)3/h4,10-11,13,15,17H,1,5-9,12,22-23H2,2-3H3/b11-10-,16-14-/t17-/m1/s1. The second-order valence-corrected chi connectivity index (χ2v) is 7.28. The first-order valence-corrected chi connectivity index (χ1v) is 9.94. The Balaban J connectivity index is 2.18. The zero-order chi connectivity index (χ0) is 20.3. The number of nitrogens with zero attached hydrogens (tertiary/aromatic N) is 4.